The number of carbonyl (C=O) groups excluding carboxylic acids is 1. The molecule has 0 saturated carbocycles. The van der Waals surface area contributed by atoms with Gasteiger partial charge in [0, 0.05) is 12.0 Å². The smallest absolute Gasteiger partial charge is 0.250 e. The minimum atomic E-state index is -2.01. The molecule has 174 valence electrons. The van der Waals surface area contributed by atoms with Gasteiger partial charge in [0.05, 0.1) is 19.6 Å². The largest absolute Gasteiger partial charge is 0.541 e. The average Bonchev–Trinajstić information content (AvgIpc) is 2.98. The Morgan fingerprint density at radius 1 is 1.19 bits per heavy atom. The van der Waals surface area contributed by atoms with Crippen molar-refractivity contribution in [1.82, 2.24) is 0 Å². The molecular formula is C26H36O5Si. The summed E-state index contributed by atoms with van der Waals surface area (Å²) in [4.78, 5) is 12.4. The van der Waals surface area contributed by atoms with Crippen molar-refractivity contribution in [2.45, 2.75) is 58.4 Å². The number of hydrogen-bond acceptors (Lipinski definition) is 5. The van der Waals surface area contributed by atoms with Crippen molar-refractivity contribution in [3.05, 3.63) is 60.1 Å². The van der Waals surface area contributed by atoms with Crippen LogP contribution in [-0.4, -0.2) is 28.3 Å². The molecule has 1 aromatic rings. The van der Waals surface area contributed by atoms with E-state index in [1.165, 1.54) is 7.11 Å². The van der Waals surface area contributed by atoms with Crippen LogP contribution in [0.4, 0.5) is 0 Å². The maximum Gasteiger partial charge on any atom is 0.250 e. The van der Waals surface area contributed by atoms with Crippen LogP contribution >= 0.6 is 0 Å². The zero-order valence-corrected chi connectivity index (χ0v) is 21.6. The standard InChI is InChI=1S/C26H36O5Si/c1-10-13-26-16-22(29-7)19(27)15-23(26)30-24(17(26)2)18-11-12-20(21(14-18)28-6)31-32(8,9)25(3,4)5/h10-12,14-17,24H,1,13H2,2-9H3/t17-,24-,26-/m1/s1. The van der Waals surface area contributed by atoms with Gasteiger partial charge < -0.3 is 18.6 Å². The Kier molecular flexibility index (Phi) is 6.40. The van der Waals surface area contributed by atoms with Crippen molar-refractivity contribution in [3.63, 3.8) is 0 Å². The minimum absolute atomic E-state index is 0.0573. The second kappa shape index (κ2) is 8.47. The van der Waals surface area contributed by atoms with Crippen molar-refractivity contribution >= 4 is 14.1 Å². The second-order valence-corrected chi connectivity index (χ2v) is 14.9. The van der Waals surface area contributed by atoms with Crippen molar-refractivity contribution in [2.24, 2.45) is 11.3 Å². The maximum atomic E-state index is 12.4. The van der Waals surface area contributed by atoms with Gasteiger partial charge in [-0.15, -0.1) is 6.58 Å². The first-order valence-electron chi connectivity index (χ1n) is 11.1. The zero-order chi connectivity index (χ0) is 23.9. The Hall–Kier alpha value is -2.47. The molecule has 1 aliphatic heterocycles. The van der Waals surface area contributed by atoms with Crippen molar-refractivity contribution < 1.29 is 23.4 Å². The summed E-state index contributed by atoms with van der Waals surface area (Å²) in [6.45, 7) is 17.2. The number of fused-ring (bicyclic) bond motifs is 1. The van der Waals surface area contributed by atoms with Crippen LogP contribution in [0, 0.1) is 11.3 Å². The van der Waals surface area contributed by atoms with Gasteiger partial charge in [0.25, 0.3) is 8.32 Å². The fraction of sp³-hybridized carbons (Fsp3) is 0.500. The van der Waals surface area contributed by atoms with Gasteiger partial charge in [-0.05, 0) is 48.3 Å². The molecule has 0 bridgehead atoms. The highest BCUT2D eigenvalue weighted by Gasteiger charge is 2.53. The van der Waals surface area contributed by atoms with E-state index in [0.717, 1.165) is 11.3 Å². The first kappa shape index (κ1) is 24.2. The summed E-state index contributed by atoms with van der Waals surface area (Å²) >= 11 is 0. The Bertz CT molecular complexity index is 969. The first-order valence-corrected chi connectivity index (χ1v) is 14.0. The van der Waals surface area contributed by atoms with Gasteiger partial charge >= 0.3 is 0 Å². The predicted molar refractivity (Wildman–Crippen MR) is 129 cm³/mol. The Balaban J connectivity index is 1.99. The molecule has 5 nitrogen and oxygen atoms in total. The summed E-state index contributed by atoms with van der Waals surface area (Å²) in [5.74, 6) is 2.34. The van der Waals surface area contributed by atoms with E-state index in [2.05, 4.69) is 47.4 Å². The van der Waals surface area contributed by atoms with Crippen LogP contribution in [0.2, 0.25) is 18.1 Å². The molecule has 0 unspecified atom stereocenters. The molecule has 1 aliphatic carbocycles. The van der Waals surface area contributed by atoms with E-state index >= 15 is 0 Å². The monoisotopic (exact) mass is 456 g/mol. The maximum absolute atomic E-state index is 12.4. The molecule has 3 rings (SSSR count). The topological polar surface area (TPSA) is 54.0 Å². The fourth-order valence-electron chi connectivity index (χ4n) is 4.18. The molecule has 0 N–H and O–H groups in total. The second-order valence-electron chi connectivity index (χ2n) is 10.2. The number of methoxy groups -OCH3 is 2. The highest BCUT2D eigenvalue weighted by molar-refractivity contribution is 6.74. The lowest BCUT2D eigenvalue weighted by atomic mass is 9.69. The third-order valence-electron chi connectivity index (χ3n) is 7.26. The van der Waals surface area contributed by atoms with E-state index < -0.39 is 13.7 Å². The van der Waals surface area contributed by atoms with Gasteiger partial charge in [-0.3, -0.25) is 4.79 Å². The molecule has 1 fully saturated rings. The summed E-state index contributed by atoms with van der Waals surface area (Å²) in [5, 5.41) is 0.0803. The third-order valence-corrected chi connectivity index (χ3v) is 11.6. The van der Waals surface area contributed by atoms with Crippen LogP contribution in [0.1, 0.15) is 45.8 Å². The summed E-state index contributed by atoms with van der Waals surface area (Å²) in [5.41, 5.74) is 0.519. The lowest BCUT2D eigenvalue weighted by Gasteiger charge is -2.37. The molecule has 1 saturated heterocycles. The van der Waals surface area contributed by atoms with Crippen molar-refractivity contribution in [1.29, 1.82) is 0 Å². The molecular weight excluding hydrogens is 420 g/mol. The molecule has 6 heteroatoms. The molecule has 3 atom stereocenters. The van der Waals surface area contributed by atoms with Gasteiger partial charge in [-0.1, -0.05) is 39.8 Å². The van der Waals surface area contributed by atoms with Crippen LogP contribution in [0.25, 0.3) is 0 Å². The van der Waals surface area contributed by atoms with E-state index in [0.29, 0.717) is 23.7 Å². The molecule has 32 heavy (non-hydrogen) atoms. The van der Waals surface area contributed by atoms with E-state index in [1.54, 1.807) is 13.2 Å². The highest BCUT2D eigenvalue weighted by atomic mass is 28.4. The minimum Gasteiger partial charge on any atom is -0.541 e. The lowest BCUT2D eigenvalue weighted by molar-refractivity contribution is -0.114. The molecule has 2 aliphatic rings. The van der Waals surface area contributed by atoms with E-state index in [1.807, 2.05) is 30.4 Å². The van der Waals surface area contributed by atoms with E-state index in [4.69, 9.17) is 18.6 Å². The average molecular weight is 457 g/mol. The Morgan fingerprint density at radius 2 is 1.88 bits per heavy atom. The molecule has 0 amide bonds. The number of rotatable bonds is 7. The number of benzene rings is 1. The Labute approximate surface area is 193 Å². The number of carbonyl (C=O) groups is 1. The quantitative estimate of drug-likeness (QED) is 0.354. The lowest BCUT2D eigenvalue weighted by Crippen LogP contribution is -2.43. The summed E-state index contributed by atoms with van der Waals surface area (Å²) < 4.78 is 23.9. The van der Waals surface area contributed by atoms with Crippen LogP contribution in [0.3, 0.4) is 0 Å². The molecule has 1 heterocycles. The molecule has 0 radical (unpaired) electrons. The van der Waals surface area contributed by atoms with E-state index in [9.17, 15) is 4.79 Å². The molecule has 1 aromatic carbocycles. The van der Waals surface area contributed by atoms with Gasteiger partial charge in [0.15, 0.2) is 11.5 Å². The van der Waals surface area contributed by atoms with Crippen LogP contribution in [0.5, 0.6) is 11.5 Å². The molecule has 0 aromatic heterocycles. The number of allylic oxidation sites excluding steroid dienone is 3. The van der Waals surface area contributed by atoms with Gasteiger partial charge in [0.1, 0.15) is 17.6 Å². The van der Waals surface area contributed by atoms with Gasteiger partial charge in [-0.2, -0.15) is 0 Å². The number of ether oxygens (including phenoxy) is 3. The Morgan fingerprint density at radius 3 is 2.44 bits per heavy atom. The number of hydrogen-bond donors (Lipinski definition) is 0. The predicted octanol–water partition coefficient (Wildman–Crippen LogP) is 6.35. The highest BCUT2D eigenvalue weighted by Crippen LogP contribution is 2.58. The number of ketones is 1. The summed E-state index contributed by atoms with van der Waals surface area (Å²) in [6, 6.07) is 6.00. The van der Waals surface area contributed by atoms with Crippen molar-refractivity contribution in [3.8, 4) is 11.5 Å². The fourth-order valence-corrected chi connectivity index (χ4v) is 5.21. The van der Waals surface area contributed by atoms with Gasteiger partial charge in [0.2, 0.25) is 5.78 Å². The summed E-state index contributed by atoms with van der Waals surface area (Å²) in [7, 11) is 1.17. The van der Waals surface area contributed by atoms with E-state index in [-0.39, 0.29) is 22.8 Å². The normalized spacial score (nSPS) is 25.3. The van der Waals surface area contributed by atoms with Crippen LogP contribution in [-0.2, 0) is 14.3 Å². The SMILES string of the molecule is C=CC[C@]12C=C(OC)C(=O)C=C1O[C@@H](c1ccc(O[Si](C)(C)C(C)(C)C)c(OC)c1)[C@H]2C. The summed E-state index contributed by atoms with van der Waals surface area (Å²) in [6.07, 6.45) is 5.75. The zero-order valence-electron chi connectivity index (χ0n) is 20.6. The first-order chi connectivity index (χ1) is 14.9. The van der Waals surface area contributed by atoms with Crippen molar-refractivity contribution in [2.75, 3.05) is 14.2 Å². The van der Waals surface area contributed by atoms with Crippen LogP contribution < -0.4 is 9.16 Å². The third kappa shape index (κ3) is 4.01. The molecule has 0 spiro atoms. The van der Waals surface area contributed by atoms with Crippen LogP contribution in [0.15, 0.2) is 54.5 Å². The van der Waals surface area contributed by atoms with Gasteiger partial charge in [-0.25, -0.2) is 0 Å².